The van der Waals surface area contributed by atoms with Gasteiger partial charge in [-0.1, -0.05) is 25.8 Å². The number of fused-ring (bicyclic) bond motifs is 5. The van der Waals surface area contributed by atoms with E-state index in [1.807, 2.05) is 13.0 Å². The highest BCUT2D eigenvalue weighted by atomic mass is 79.9. The predicted molar refractivity (Wildman–Crippen MR) is 119 cm³/mol. The monoisotopic (exact) mass is 486 g/mol. The van der Waals surface area contributed by atoms with Crippen LogP contribution in [0.5, 0.6) is 5.75 Å². The summed E-state index contributed by atoms with van der Waals surface area (Å²) in [7, 11) is 0. The van der Waals surface area contributed by atoms with Crippen molar-refractivity contribution < 1.29 is 14.6 Å². The Labute approximate surface area is 187 Å². The number of hydrogen-bond donors (Lipinski definition) is 2. The highest BCUT2D eigenvalue weighted by Gasteiger charge is 2.63. The minimum atomic E-state index is -0.966. The Hall–Kier alpha value is -0.320. The van der Waals surface area contributed by atoms with Crippen LogP contribution >= 0.6 is 27.5 Å². The molecule has 0 aliphatic heterocycles. The van der Waals surface area contributed by atoms with Crippen LogP contribution in [0.1, 0.15) is 75.8 Å². The number of rotatable bonds is 5. The lowest BCUT2D eigenvalue weighted by Crippen LogP contribution is -2.55. The third-order valence-electron chi connectivity index (χ3n) is 8.72. The minimum absolute atomic E-state index is 0.138. The van der Waals surface area contributed by atoms with Crippen LogP contribution in [0, 0.1) is 23.2 Å². The van der Waals surface area contributed by atoms with Crippen molar-refractivity contribution in [2.24, 2.45) is 23.2 Å². The van der Waals surface area contributed by atoms with Crippen LogP contribution in [0.25, 0.3) is 0 Å². The molecule has 0 heterocycles. The van der Waals surface area contributed by atoms with E-state index in [0.717, 1.165) is 60.5 Å². The maximum atomic E-state index is 15.9. The summed E-state index contributed by atoms with van der Waals surface area (Å²) in [6, 6.07) is 3.64. The van der Waals surface area contributed by atoms with Gasteiger partial charge in [-0.05, 0) is 96.3 Å². The van der Waals surface area contributed by atoms with E-state index < -0.39 is 11.8 Å². The van der Waals surface area contributed by atoms with E-state index in [1.54, 1.807) is 6.07 Å². The molecule has 0 amide bonds. The molecule has 1 aromatic rings. The molecule has 2 N–H and O–H groups in total. The van der Waals surface area contributed by atoms with Gasteiger partial charge in [0.25, 0.3) is 0 Å². The fraction of sp³-hybridized carbons (Fsp3) is 0.750. The molecule has 1 aromatic carbocycles. The lowest BCUT2D eigenvalue weighted by Gasteiger charge is -2.56. The number of aliphatic hydroxyl groups is 1. The minimum Gasteiger partial charge on any atom is -0.507 e. The number of aromatic hydroxyl groups is 1. The SMILES string of the molecule is C[C@]12C[C@H](F)[C@@H]3c4ccc(O)c(Br)c4C[C@@H](CCCCCCl)[C@H]3[C@@H]1CC[C@@]2(C)O. The Morgan fingerprint density at radius 3 is 2.72 bits per heavy atom. The van der Waals surface area contributed by atoms with E-state index in [4.69, 9.17) is 11.6 Å². The topological polar surface area (TPSA) is 40.5 Å². The first-order valence-electron chi connectivity index (χ1n) is 11.1. The molecule has 0 bridgehead atoms. The van der Waals surface area contributed by atoms with E-state index in [1.165, 1.54) is 0 Å². The molecule has 0 saturated heterocycles. The van der Waals surface area contributed by atoms with E-state index in [9.17, 15) is 10.2 Å². The average Bonchev–Trinajstić information content (AvgIpc) is 2.90. The number of unbranched alkanes of at least 4 members (excludes halogenated alkanes) is 2. The molecule has 3 aliphatic rings. The van der Waals surface area contributed by atoms with Gasteiger partial charge in [0.05, 0.1) is 10.1 Å². The van der Waals surface area contributed by atoms with Crippen LogP contribution in [0.4, 0.5) is 4.39 Å². The number of phenols is 1. The summed E-state index contributed by atoms with van der Waals surface area (Å²) in [5.41, 5.74) is 0.988. The molecule has 0 spiro atoms. The fourth-order valence-electron chi connectivity index (χ4n) is 6.99. The first kappa shape index (κ1) is 21.9. The van der Waals surface area contributed by atoms with Crippen LogP contribution in [-0.4, -0.2) is 27.9 Å². The molecule has 7 atom stereocenters. The van der Waals surface area contributed by atoms with Gasteiger partial charge in [-0.25, -0.2) is 4.39 Å². The van der Waals surface area contributed by atoms with Gasteiger partial charge >= 0.3 is 0 Å². The van der Waals surface area contributed by atoms with Crippen molar-refractivity contribution >= 4 is 27.5 Å². The third-order valence-corrected chi connectivity index (χ3v) is 9.87. The lowest BCUT2D eigenvalue weighted by atomic mass is 9.50. The van der Waals surface area contributed by atoms with E-state index >= 15 is 4.39 Å². The van der Waals surface area contributed by atoms with Crippen molar-refractivity contribution in [2.45, 2.75) is 82.9 Å². The van der Waals surface area contributed by atoms with Crippen molar-refractivity contribution in [1.82, 2.24) is 0 Å². The maximum Gasteiger partial charge on any atom is 0.130 e. The fourth-order valence-corrected chi connectivity index (χ4v) is 7.70. The molecule has 0 aromatic heterocycles. The van der Waals surface area contributed by atoms with Crippen molar-refractivity contribution in [3.63, 3.8) is 0 Å². The maximum absolute atomic E-state index is 15.9. The normalized spacial score (nSPS) is 41.0. The van der Waals surface area contributed by atoms with E-state index in [0.29, 0.717) is 24.1 Å². The van der Waals surface area contributed by atoms with Crippen LogP contribution in [0.15, 0.2) is 16.6 Å². The summed E-state index contributed by atoms with van der Waals surface area (Å²) < 4.78 is 16.6. The molecule has 2 saturated carbocycles. The second-order valence-electron chi connectivity index (χ2n) is 10.1. The van der Waals surface area contributed by atoms with Gasteiger partial charge in [0.2, 0.25) is 0 Å². The van der Waals surface area contributed by atoms with Gasteiger partial charge in [-0.3, -0.25) is 0 Å². The zero-order valence-electron chi connectivity index (χ0n) is 17.4. The lowest BCUT2D eigenvalue weighted by molar-refractivity contribution is -0.120. The molecule has 4 rings (SSSR count). The molecular formula is C24H33BrClFO2. The van der Waals surface area contributed by atoms with Crippen molar-refractivity contribution in [3.05, 3.63) is 27.7 Å². The van der Waals surface area contributed by atoms with Gasteiger partial charge in [-0.15, -0.1) is 11.6 Å². The largest absolute Gasteiger partial charge is 0.507 e. The Morgan fingerprint density at radius 1 is 1.24 bits per heavy atom. The van der Waals surface area contributed by atoms with E-state index in [-0.39, 0.29) is 23.0 Å². The number of hydrogen-bond acceptors (Lipinski definition) is 2. The molecule has 0 radical (unpaired) electrons. The van der Waals surface area contributed by atoms with Gasteiger partial charge in [0.1, 0.15) is 11.9 Å². The van der Waals surface area contributed by atoms with Crippen LogP contribution in [0.3, 0.4) is 0 Å². The summed E-state index contributed by atoms with van der Waals surface area (Å²) in [5, 5.41) is 21.4. The van der Waals surface area contributed by atoms with Crippen molar-refractivity contribution in [2.75, 3.05) is 5.88 Å². The molecule has 5 heteroatoms. The third kappa shape index (κ3) is 3.46. The first-order chi connectivity index (χ1) is 13.7. The second kappa shape index (κ2) is 7.98. The zero-order valence-corrected chi connectivity index (χ0v) is 19.8. The number of alkyl halides is 2. The smallest absolute Gasteiger partial charge is 0.130 e. The van der Waals surface area contributed by atoms with Gasteiger partial charge in [0, 0.05) is 17.2 Å². The van der Waals surface area contributed by atoms with Gasteiger partial charge < -0.3 is 10.2 Å². The highest BCUT2D eigenvalue weighted by molar-refractivity contribution is 9.10. The number of benzene rings is 1. The number of phenolic OH excluding ortho intramolecular Hbond substituents is 1. The average molecular weight is 488 g/mol. The Morgan fingerprint density at radius 2 is 2.00 bits per heavy atom. The molecule has 0 unspecified atom stereocenters. The molecule has 3 aliphatic carbocycles. The Kier molecular flexibility index (Phi) is 6.03. The van der Waals surface area contributed by atoms with Gasteiger partial charge in [-0.2, -0.15) is 0 Å². The second-order valence-corrected chi connectivity index (χ2v) is 11.3. The standard InChI is InChI=1S/C24H33BrClFO2/c1-23-13-18(27)21-15-7-8-19(28)22(25)16(15)12-14(6-4-3-5-11-26)20(21)17(23)9-10-24(23,2)29/h7-8,14,17-18,20-21,28-29H,3-6,9-13H2,1-2H3/t14-,17+,18+,20+,21+,23+,24-/m1/s1. The molecule has 29 heavy (non-hydrogen) atoms. The summed E-state index contributed by atoms with van der Waals surface area (Å²) in [5.74, 6) is 1.75. The van der Waals surface area contributed by atoms with Crippen LogP contribution < -0.4 is 0 Å². The molecule has 2 nitrogen and oxygen atoms in total. The zero-order chi connectivity index (χ0) is 21.0. The van der Waals surface area contributed by atoms with Crippen LogP contribution in [-0.2, 0) is 6.42 Å². The Balaban J connectivity index is 1.74. The van der Waals surface area contributed by atoms with Crippen LogP contribution in [0.2, 0.25) is 0 Å². The summed E-state index contributed by atoms with van der Waals surface area (Å²) in [4.78, 5) is 0. The number of halogens is 3. The predicted octanol–water partition coefficient (Wildman–Crippen LogP) is 6.74. The van der Waals surface area contributed by atoms with Crippen molar-refractivity contribution in [1.29, 1.82) is 0 Å². The Bertz CT molecular complexity index is 769. The van der Waals surface area contributed by atoms with Crippen molar-refractivity contribution in [3.8, 4) is 5.75 Å². The summed E-state index contributed by atoms with van der Waals surface area (Å²) in [6.45, 7) is 4.04. The van der Waals surface area contributed by atoms with E-state index in [2.05, 4.69) is 22.9 Å². The van der Waals surface area contributed by atoms with Gasteiger partial charge in [0.15, 0.2) is 0 Å². The highest BCUT2D eigenvalue weighted by Crippen LogP contribution is 2.66. The molecule has 162 valence electrons. The molecule has 2 fully saturated rings. The summed E-state index contributed by atoms with van der Waals surface area (Å²) >= 11 is 9.45. The molecular weight excluding hydrogens is 455 g/mol. The first-order valence-corrected chi connectivity index (χ1v) is 12.5. The summed E-state index contributed by atoms with van der Waals surface area (Å²) in [6.07, 6.45) is 6.33. The quantitative estimate of drug-likeness (QED) is 0.357.